The Morgan fingerprint density at radius 2 is 2.09 bits per heavy atom. The Morgan fingerprint density at radius 1 is 1.27 bits per heavy atom. The summed E-state index contributed by atoms with van der Waals surface area (Å²) in [6.45, 7) is 2.02. The van der Waals surface area contributed by atoms with Gasteiger partial charge in [0.05, 0.1) is 12.0 Å². The van der Waals surface area contributed by atoms with E-state index in [4.69, 9.17) is 11.6 Å². The third-order valence-corrected chi connectivity index (χ3v) is 4.07. The molecule has 2 rings (SSSR count). The highest BCUT2D eigenvalue weighted by Crippen LogP contribution is 2.16. The number of hydrogen-bond acceptors (Lipinski definition) is 3. The number of amides is 1. The Kier molecular flexibility index (Phi) is 6.49. The summed E-state index contributed by atoms with van der Waals surface area (Å²) in [5.41, 5.74) is 5.76. The molecule has 0 bridgehead atoms. The van der Waals surface area contributed by atoms with E-state index in [1.807, 2.05) is 55.5 Å². The fourth-order valence-corrected chi connectivity index (χ4v) is 2.83. The van der Waals surface area contributed by atoms with Crippen molar-refractivity contribution in [2.24, 2.45) is 5.10 Å². The molecule has 5 heteroatoms. The van der Waals surface area contributed by atoms with Gasteiger partial charge in [-0.1, -0.05) is 53.6 Å². The van der Waals surface area contributed by atoms with E-state index in [-0.39, 0.29) is 5.91 Å². The van der Waals surface area contributed by atoms with Crippen LogP contribution in [0.3, 0.4) is 0 Å². The van der Waals surface area contributed by atoms with Crippen LogP contribution in [0.1, 0.15) is 16.7 Å². The lowest BCUT2D eigenvalue weighted by Gasteiger charge is -2.02. The molecule has 0 saturated carbocycles. The molecule has 0 atom stereocenters. The van der Waals surface area contributed by atoms with Gasteiger partial charge >= 0.3 is 0 Å². The van der Waals surface area contributed by atoms with E-state index in [9.17, 15) is 4.79 Å². The third kappa shape index (κ3) is 5.92. The van der Waals surface area contributed by atoms with Gasteiger partial charge in [0.15, 0.2) is 0 Å². The predicted molar refractivity (Wildman–Crippen MR) is 94.5 cm³/mol. The number of hydrazone groups is 1. The normalized spacial score (nSPS) is 10.8. The number of carbonyl (C=O) groups is 1. The van der Waals surface area contributed by atoms with Crippen LogP contribution in [0.4, 0.5) is 0 Å². The highest BCUT2D eigenvalue weighted by atomic mass is 35.5. The van der Waals surface area contributed by atoms with Crippen molar-refractivity contribution in [2.45, 2.75) is 12.7 Å². The number of aryl methyl sites for hydroxylation is 1. The highest BCUT2D eigenvalue weighted by Gasteiger charge is 2.01. The number of halogens is 1. The lowest BCUT2D eigenvalue weighted by molar-refractivity contribution is -0.118. The summed E-state index contributed by atoms with van der Waals surface area (Å²) in [6, 6.07) is 15.6. The van der Waals surface area contributed by atoms with Gasteiger partial charge in [-0.15, -0.1) is 11.8 Å². The minimum absolute atomic E-state index is 0.115. The van der Waals surface area contributed by atoms with Gasteiger partial charge in [-0.25, -0.2) is 5.43 Å². The van der Waals surface area contributed by atoms with E-state index >= 15 is 0 Å². The molecule has 0 radical (unpaired) electrons. The van der Waals surface area contributed by atoms with Crippen LogP contribution in [0, 0.1) is 6.92 Å². The van der Waals surface area contributed by atoms with E-state index in [2.05, 4.69) is 10.5 Å². The van der Waals surface area contributed by atoms with Gasteiger partial charge in [0, 0.05) is 10.8 Å². The van der Waals surface area contributed by atoms with Gasteiger partial charge in [-0.3, -0.25) is 4.79 Å². The van der Waals surface area contributed by atoms with Crippen LogP contribution in [0.15, 0.2) is 53.6 Å². The van der Waals surface area contributed by atoms with E-state index in [0.29, 0.717) is 10.8 Å². The first-order chi connectivity index (χ1) is 10.6. The van der Waals surface area contributed by atoms with Crippen LogP contribution in [-0.4, -0.2) is 17.9 Å². The number of thioether (sulfide) groups is 1. The van der Waals surface area contributed by atoms with Gasteiger partial charge in [-0.05, 0) is 30.2 Å². The molecule has 22 heavy (non-hydrogen) atoms. The van der Waals surface area contributed by atoms with Gasteiger partial charge in [0.2, 0.25) is 5.91 Å². The van der Waals surface area contributed by atoms with Crippen molar-refractivity contribution >= 4 is 35.5 Å². The van der Waals surface area contributed by atoms with Crippen LogP contribution < -0.4 is 5.43 Å². The van der Waals surface area contributed by atoms with Crippen LogP contribution >= 0.6 is 23.4 Å². The lowest BCUT2D eigenvalue weighted by atomic mass is 10.2. The Hall–Kier alpha value is -1.78. The van der Waals surface area contributed by atoms with Crippen molar-refractivity contribution < 1.29 is 4.79 Å². The lowest BCUT2D eigenvalue weighted by Crippen LogP contribution is -2.19. The predicted octanol–water partition coefficient (Wildman–Crippen LogP) is 4.03. The molecule has 1 N–H and O–H groups in total. The summed E-state index contributed by atoms with van der Waals surface area (Å²) < 4.78 is 0. The first kappa shape index (κ1) is 16.6. The van der Waals surface area contributed by atoms with Crippen molar-refractivity contribution in [1.29, 1.82) is 0 Å². The molecule has 0 heterocycles. The number of carbonyl (C=O) groups excluding carboxylic acids is 1. The van der Waals surface area contributed by atoms with Gasteiger partial charge in [0.1, 0.15) is 0 Å². The average Bonchev–Trinajstić information content (AvgIpc) is 2.47. The maximum absolute atomic E-state index is 11.7. The minimum Gasteiger partial charge on any atom is -0.272 e. The number of rotatable bonds is 6. The monoisotopic (exact) mass is 332 g/mol. The summed E-state index contributed by atoms with van der Waals surface area (Å²) in [6.07, 6.45) is 1.65. The zero-order valence-corrected chi connectivity index (χ0v) is 13.8. The molecular formula is C17H17ClN2OS. The van der Waals surface area contributed by atoms with Crippen molar-refractivity contribution in [1.82, 2.24) is 5.43 Å². The highest BCUT2D eigenvalue weighted by molar-refractivity contribution is 7.99. The fourth-order valence-electron chi connectivity index (χ4n) is 1.85. The molecule has 2 aromatic carbocycles. The minimum atomic E-state index is -0.115. The molecule has 0 saturated heterocycles. The molecule has 3 nitrogen and oxygen atoms in total. The van der Waals surface area contributed by atoms with Crippen LogP contribution in [0.5, 0.6) is 0 Å². The maximum atomic E-state index is 11.7. The smallest absolute Gasteiger partial charge is 0.250 e. The molecule has 0 aliphatic rings. The number of nitrogens with zero attached hydrogens (tertiary/aromatic N) is 1. The average molecular weight is 333 g/mol. The summed E-state index contributed by atoms with van der Waals surface area (Å²) in [4.78, 5) is 11.7. The van der Waals surface area contributed by atoms with E-state index in [1.165, 1.54) is 11.8 Å². The van der Waals surface area contributed by atoms with Crippen LogP contribution in [0.2, 0.25) is 5.02 Å². The maximum Gasteiger partial charge on any atom is 0.250 e. The quantitative estimate of drug-likeness (QED) is 0.641. The Bertz CT molecular complexity index is 673. The molecule has 0 aliphatic carbocycles. The number of benzene rings is 2. The largest absolute Gasteiger partial charge is 0.272 e. The van der Waals surface area contributed by atoms with Crippen molar-refractivity contribution in [2.75, 3.05) is 5.75 Å². The number of nitrogens with one attached hydrogen (secondary N) is 1. The first-order valence-electron chi connectivity index (χ1n) is 6.84. The molecule has 1 amide bonds. The van der Waals surface area contributed by atoms with Gasteiger partial charge < -0.3 is 0 Å². The second-order valence-corrected chi connectivity index (χ2v) is 6.25. The van der Waals surface area contributed by atoms with Crippen molar-refractivity contribution in [3.05, 3.63) is 70.2 Å². The summed E-state index contributed by atoms with van der Waals surface area (Å²) in [7, 11) is 0. The van der Waals surface area contributed by atoms with Crippen LogP contribution in [0.25, 0.3) is 0 Å². The Morgan fingerprint density at radius 3 is 2.86 bits per heavy atom. The molecule has 114 valence electrons. The fraction of sp³-hybridized carbons (Fsp3) is 0.176. The van der Waals surface area contributed by atoms with Gasteiger partial charge in [-0.2, -0.15) is 5.10 Å². The topological polar surface area (TPSA) is 41.5 Å². The second-order valence-electron chi connectivity index (χ2n) is 4.83. The van der Waals surface area contributed by atoms with Gasteiger partial charge in [0.25, 0.3) is 0 Å². The summed E-state index contributed by atoms with van der Waals surface area (Å²) in [5, 5.41) is 4.68. The molecule has 0 unspecified atom stereocenters. The Labute approximate surface area is 139 Å². The molecule has 0 aliphatic heterocycles. The molecule has 2 aromatic rings. The molecule has 0 fully saturated rings. The molecule has 0 aromatic heterocycles. The van der Waals surface area contributed by atoms with Crippen LogP contribution in [-0.2, 0) is 10.5 Å². The Balaban J connectivity index is 1.72. The molecular weight excluding hydrogens is 316 g/mol. The van der Waals surface area contributed by atoms with E-state index < -0.39 is 0 Å². The zero-order chi connectivity index (χ0) is 15.8. The van der Waals surface area contributed by atoms with E-state index in [0.717, 1.165) is 22.4 Å². The second kappa shape index (κ2) is 8.61. The van der Waals surface area contributed by atoms with Crippen molar-refractivity contribution in [3.63, 3.8) is 0 Å². The van der Waals surface area contributed by atoms with Crippen molar-refractivity contribution in [3.8, 4) is 0 Å². The summed E-state index contributed by atoms with van der Waals surface area (Å²) >= 11 is 7.44. The third-order valence-electron chi connectivity index (χ3n) is 2.84. The zero-order valence-electron chi connectivity index (χ0n) is 12.3. The van der Waals surface area contributed by atoms with E-state index in [1.54, 1.807) is 6.21 Å². The standard InChI is InChI=1S/C17H17ClN2OS/c1-13-4-2-5-14(8-13)10-19-20-17(21)12-22-11-15-6-3-7-16(18)9-15/h2-10H,11-12H2,1H3,(H,20,21)/b19-10+. The SMILES string of the molecule is Cc1cccc(/C=N/NC(=O)CSCc2cccc(Cl)c2)c1. The first-order valence-corrected chi connectivity index (χ1v) is 8.37. The number of hydrogen-bond donors (Lipinski definition) is 1. The molecule has 0 spiro atoms. The summed E-state index contributed by atoms with van der Waals surface area (Å²) in [5.74, 6) is 0.990.